The average Bonchev–Trinajstić information content (AvgIpc) is 2.87. The molecular weight excluding hydrogens is 252 g/mol. The number of amides is 1. The van der Waals surface area contributed by atoms with Crippen LogP contribution in [0.15, 0.2) is 18.3 Å². The van der Waals surface area contributed by atoms with Crippen molar-refractivity contribution >= 4 is 11.7 Å². The van der Waals surface area contributed by atoms with Crippen LogP contribution in [0, 0.1) is 17.4 Å². The lowest BCUT2D eigenvalue weighted by Gasteiger charge is -2.19. The third-order valence-corrected chi connectivity index (χ3v) is 3.58. The maximum absolute atomic E-state index is 12.2. The Hall–Kier alpha value is -2.09. The van der Waals surface area contributed by atoms with Crippen molar-refractivity contribution < 1.29 is 4.79 Å². The third-order valence-electron chi connectivity index (χ3n) is 3.58. The lowest BCUT2D eigenvalue weighted by atomic mass is 9.88. The highest BCUT2D eigenvalue weighted by atomic mass is 16.2. The van der Waals surface area contributed by atoms with Gasteiger partial charge in [-0.2, -0.15) is 5.26 Å². The van der Waals surface area contributed by atoms with Crippen LogP contribution in [0.2, 0.25) is 0 Å². The molecule has 1 aliphatic rings. The molecule has 0 aromatic carbocycles. The summed E-state index contributed by atoms with van der Waals surface area (Å²) in [7, 11) is 0. The standard InChI is InChI=1S/C15H20N4O/c1-15(2,3)12-4-6-17-13(8-12)18-14(20)11-5-7-19(9-11)10-16/h4,6,8,11H,5,7,9H2,1-3H3,(H,17,18,20)/t11-/m0/s1. The zero-order chi connectivity index (χ0) is 14.8. The number of hydrogen-bond donors (Lipinski definition) is 1. The molecule has 1 aliphatic heterocycles. The Balaban J connectivity index is 2.04. The van der Waals surface area contributed by atoms with Crippen molar-refractivity contribution in [2.24, 2.45) is 5.92 Å². The molecular formula is C15H20N4O. The van der Waals surface area contributed by atoms with Crippen LogP contribution in [0.1, 0.15) is 32.8 Å². The van der Waals surface area contributed by atoms with E-state index >= 15 is 0 Å². The van der Waals surface area contributed by atoms with Gasteiger partial charge in [-0.25, -0.2) is 4.98 Å². The molecule has 1 aromatic rings. The number of carbonyl (C=O) groups excluding carboxylic acids is 1. The van der Waals surface area contributed by atoms with Gasteiger partial charge in [-0.1, -0.05) is 20.8 Å². The molecule has 2 rings (SSSR count). The van der Waals surface area contributed by atoms with E-state index in [4.69, 9.17) is 5.26 Å². The molecule has 0 unspecified atom stereocenters. The number of pyridine rings is 1. The van der Waals surface area contributed by atoms with Crippen molar-refractivity contribution in [3.8, 4) is 6.19 Å². The molecule has 1 amide bonds. The normalized spacial score (nSPS) is 18.7. The minimum atomic E-state index is -0.130. The first-order valence-corrected chi connectivity index (χ1v) is 6.82. The molecule has 2 heterocycles. The zero-order valence-electron chi connectivity index (χ0n) is 12.2. The van der Waals surface area contributed by atoms with Gasteiger partial charge in [0.25, 0.3) is 0 Å². The Morgan fingerprint density at radius 2 is 2.30 bits per heavy atom. The summed E-state index contributed by atoms with van der Waals surface area (Å²) in [6, 6.07) is 3.87. The van der Waals surface area contributed by atoms with E-state index in [1.807, 2.05) is 12.1 Å². The molecule has 1 fully saturated rings. The first kappa shape index (κ1) is 14.3. The van der Waals surface area contributed by atoms with Crippen LogP contribution in [0.5, 0.6) is 0 Å². The number of carbonyl (C=O) groups is 1. The maximum atomic E-state index is 12.2. The van der Waals surface area contributed by atoms with E-state index in [2.05, 4.69) is 37.3 Å². The second-order valence-electron chi connectivity index (χ2n) is 6.20. The Bertz CT molecular complexity index is 542. The third kappa shape index (κ3) is 3.27. The number of hydrogen-bond acceptors (Lipinski definition) is 4. The van der Waals surface area contributed by atoms with E-state index in [-0.39, 0.29) is 17.2 Å². The molecule has 106 valence electrons. The van der Waals surface area contributed by atoms with Gasteiger partial charge in [-0.3, -0.25) is 4.79 Å². The fourth-order valence-corrected chi connectivity index (χ4v) is 2.26. The topological polar surface area (TPSA) is 69.0 Å². The van der Waals surface area contributed by atoms with Crippen molar-refractivity contribution in [1.82, 2.24) is 9.88 Å². The molecule has 1 aromatic heterocycles. The van der Waals surface area contributed by atoms with Crippen molar-refractivity contribution in [2.45, 2.75) is 32.6 Å². The molecule has 1 saturated heterocycles. The Kier molecular flexibility index (Phi) is 3.93. The molecule has 0 aliphatic carbocycles. The highest BCUT2D eigenvalue weighted by Crippen LogP contribution is 2.24. The monoisotopic (exact) mass is 272 g/mol. The lowest BCUT2D eigenvalue weighted by Crippen LogP contribution is -2.26. The van der Waals surface area contributed by atoms with E-state index in [0.717, 1.165) is 12.0 Å². The summed E-state index contributed by atoms with van der Waals surface area (Å²) in [5, 5.41) is 11.7. The lowest BCUT2D eigenvalue weighted by molar-refractivity contribution is -0.119. The van der Waals surface area contributed by atoms with Crippen molar-refractivity contribution in [2.75, 3.05) is 18.4 Å². The molecule has 1 N–H and O–H groups in total. The van der Waals surface area contributed by atoms with Gasteiger partial charge in [0.1, 0.15) is 5.82 Å². The van der Waals surface area contributed by atoms with Crippen LogP contribution in [0.25, 0.3) is 0 Å². The molecule has 20 heavy (non-hydrogen) atoms. The minimum Gasteiger partial charge on any atom is -0.310 e. The Morgan fingerprint density at radius 1 is 1.55 bits per heavy atom. The highest BCUT2D eigenvalue weighted by Gasteiger charge is 2.28. The van der Waals surface area contributed by atoms with Crippen LogP contribution in [0.3, 0.4) is 0 Å². The van der Waals surface area contributed by atoms with Crippen LogP contribution in [0.4, 0.5) is 5.82 Å². The second-order valence-corrected chi connectivity index (χ2v) is 6.20. The highest BCUT2D eigenvalue weighted by molar-refractivity contribution is 5.92. The number of anilines is 1. The van der Waals surface area contributed by atoms with Crippen LogP contribution < -0.4 is 5.32 Å². The number of aromatic nitrogens is 1. The number of rotatable bonds is 2. The van der Waals surface area contributed by atoms with Gasteiger partial charge in [0.05, 0.1) is 5.92 Å². The summed E-state index contributed by atoms with van der Waals surface area (Å²) in [6.07, 6.45) is 4.51. The Morgan fingerprint density at radius 3 is 2.90 bits per heavy atom. The maximum Gasteiger partial charge on any atom is 0.230 e. The molecule has 1 atom stereocenters. The van der Waals surface area contributed by atoms with Gasteiger partial charge < -0.3 is 10.2 Å². The summed E-state index contributed by atoms with van der Waals surface area (Å²) in [5.74, 6) is 0.397. The molecule has 5 heteroatoms. The first-order valence-electron chi connectivity index (χ1n) is 6.82. The zero-order valence-corrected chi connectivity index (χ0v) is 12.2. The van der Waals surface area contributed by atoms with Crippen LogP contribution in [-0.4, -0.2) is 28.9 Å². The smallest absolute Gasteiger partial charge is 0.230 e. The molecule has 0 spiro atoms. The second kappa shape index (κ2) is 5.49. The quantitative estimate of drug-likeness (QED) is 0.837. The van der Waals surface area contributed by atoms with E-state index in [1.165, 1.54) is 0 Å². The van der Waals surface area contributed by atoms with Crippen molar-refractivity contribution in [3.05, 3.63) is 23.9 Å². The van der Waals surface area contributed by atoms with Gasteiger partial charge in [0.15, 0.2) is 6.19 Å². The predicted molar refractivity (Wildman–Crippen MR) is 76.9 cm³/mol. The van der Waals surface area contributed by atoms with E-state index in [1.54, 1.807) is 11.1 Å². The van der Waals surface area contributed by atoms with Crippen molar-refractivity contribution in [1.29, 1.82) is 5.26 Å². The van der Waals surface area contributed by atoms with E-state index in [9.17, 15) is 4.79 Å². The number of nitrogens with zero attached hydrogens (tertiary/aromatic N) is 3. The van der Waals surface area contributed by atoms with E-state index in [0.29, 0.717) is 18.9 Å². The van der Waals surface area contributed by atoms with Gasteiger partial charge >= 0.3 is 0 Å². The van der Waals surface area contributed by atoms with Crippen LogP contribution in [-0.2, 0) is 10.2 Å². The van der Waals surface area contributed by atoms with E-state index < -0.39 is 0 Å². The van der Waals surface area contributed by atoms with Crippen LogP contribution >= 0.6 is 0 Å². The molecule has 0 bridgehead atoms. The summed E-state index contributed by atoms with van der Waals surface area (Å²) >= 11 is 0. The predicted octanol–water partition coefficient (Wildman–Crippen LogP) is 2.12. The SMILES string of the molecule is CC(C)(C)c1ccnc(NC(=O)[C@H]2CCN(C#N)C2)c1. The minimum absolute atomic E-state index is 0.0212. The Labute approximate surface area is 119 Å². The first-order chi connectivity index (χ1) is 9.40. The van der Waals surface area contributed by atoms with Crippen molar-refractivity contribution in [3.63, 3.8) is 0 Å². The van der Waals surface area contributed by atoms with Gasteiger partial charge in [-0.15, -0.1) is 0 Å². The van der Waals surface area contributed by atoms with Gasteiger partial charge in [0, 0.05) is 19.3 Å². The largest absolute Gasteiger partial charge is 0.310 e. The number of likely N-dealkylation sites (tertiary alicyclic amines) is 1. The fourth-order valence-electron chi connectivity index (χ4n) is 2.26. The number of nitrogens with one attached hydrogen (secondary N) is 1. The number of nitriles is 1. The summed E-state index contributed by atoms with van der Waals surface area (Å²) in [6.45, 7) is 7.52. The van der Waals surface area contributed by atoms with Gasteiger partial charge in [-0.05, 0) is 29.5 Å². The summed E-state index contributed by atoms with van der Waals surface area (Å²) in [5.41, 5.74) is 1.15. The molecule has 5 nitrogen and oxygen atoms in total. The fraction of sp³-hybridized carbons (Fsp3) is 0.533. The molecule has 0 saturated carbocycles. The molecule has 0 radical (unpaired) electrons. The summed E-state index contributed by atoms with van der Waals surface area (Å²) < 4.78 is 0. The summed E-state index contributed by atoms with van der Waals surface area (Å²) in [4.78, 5) is 18.0. The average molecular weight is 272 g/mol. The van der Waals surface area contributed by atoms with Gasteiger partial charge in [0.2, 0.25) is 5.91 Å².